The van der Waals surface area contributed by atoms with E-state index in [1.165, 1.54) is 12.8 Å². The maximum Gasteiger partial charge on any atom is 0.209 e. The number of ether oxygens (including phenoxy) is 2. The fourth-order valence-electron chi connectivity index (χ4n) is 3.13. The highest BCUT2D eigenvalue weighted by molar-refractivity contribution is 7.98. The zero-order valence-corrected chi connectivity index (χ0v) is 16.2. The summed E-state index contributed by atoms with van der Waals surface area (Å²) in [7, 11) is 0. The topological polar surface area (TPSA) is 49.2 Å². The van der Waals surface area contributed by atoms with Crippen LogP contribution in [-0.4, -0.2) is 28.0 Å². The lowest BCUT2D eigenvalue weighted by atomic mass is 10.2. The van der Waals surface area contributed by atoms with Gasteiger partial charge in [-0.3, -0.25) is 0 Å². The van der Waals surface area contributed by atoms with Crippen LogP contribution in [0.2, 0.25) is 5.02 Å². The highest BCUT2D eigenvalue weighted by Gasteiger charge is 2.30. The normalized spacial score (nSPS) is 15.7. The lowest BCUT2D eigenvalue weighted by molar-refractivity contribution is 0.171. The highest BCUT2D eigenvalue weighted by atomic mass is 35.5. The summed E-state index contributed by atoms with van der Waals surface area (Å²) in [6, 6.07) is 14.1. The van der Waals surface area contributed by atoms with Crippen LogP contribution in [0.15, 0.2) is 47.6 Å². The Hall–Kier alpha value is -2.18. The molecule has 138 valence electrons. The summed E-state index contributed by atoms with van der Waals surface area (Å²) in [6.07, 6.45) is 2.38. The number of fused-ring (bicyclic) bond motifs is 1. The second kappa shape index (κ2) is 7.09. The van der Waals surface area contributed by atoms with Crippen molar-refractivity contribution in [3.05, 3.63) is 58.9 Å². The predicted octanol–water partition coefficient (Wildman–Crippen LogP) is 4.86. The van der Waals surface area contributed by atoms with Gasteiger partial charge in [0.1, 0.15) is 19.0 Å². The Morgan fingerprint density at radius 2 is 1.93 bits per heavy atom. The van der Waals surface area contributed by atoms with Gasteiger partial charge >= 0.3 is 0 Å². The molecule has 2 aliphatic rings. The molecule has 1 saturated carbocycles. The van der Waals surface area contributed by atoms with E-state index < -0.39 is 0 Å². The molecule has 0 radical (unpaired) electrons. The summed E-state index contributed by atoms with van der Waals surface area (Å²) in [6.45, 7) is 1.08. The van der Waals surface area contributed by atoms with Crippen molar-refractivity contribution in [2.24, 2.45) is 0 Å². The van der Waals surface area contributed by atoms with Gasteiger partial charge < -0.3 is 9.47 Å². The second-order valence-corrected chi connectivity index (χ2v) is 8.01. The standard InChI is InChI=1S/C20H18ClN3O2S/c21-16-10-13(11-17-18(16)26-9-8-25-17)12-27-20-22-19(14-6-7-14)24(23-20)15-4-2-1-3-5-15/h1-5,10-11,14H,6-9,12H2. The number of para-hydroxylation sites is 1. The molecule has 0 atom stereocenters. The number of rotatable bonds is 5. The Labute approximate surface area is 166 Å². The molecule has 0 bridgehead atoms. The lowest BCUT2D eigenvalue weighted by Crippen LogP contribution is -2.15. The molecule has 3 aromatic rings. The van der Waals surface area contributed by atoms with Gasteiger partial charge in [0, 0.05) is 11.7 Å². The maximum atomic E-state index is 6.34. The van der Waals surface area contributed by atoms with E-state index in [1.54, 1.807) is 11.8 Å². The molecule has 2 heterocycles. The van der Waals surface area contributed by atoms with Gasteiger partial charge in [0.15, 0.2) is 11.5 Å². The van der Waals surface area contributed by atoms with Gasteiger partial charge in [0.05, 0.1) is 10.7 Å². The summed E-state index contributed by atoms with van der Waals surface area (Å²) in [5.41, 5.74) is 2.12. The van der Waals surface area contributed by atoms with Crippen LogP contribution in [0.3, 0.4) is 0 Å². The molecule has 1 aromatic heterocycles. The van der Waals surface area contributed by atoms with Gasteiger partial charge in [0.25, 0.3) is 0 Å². The molecule has 0 saturated heterocycles. The first-order valence-electron chi connectivity index (χ1n) is 9.01. The highest BCUT2D eigenvalue weighted by Crippen LogP contribution is 2.41. The molecule has 5 nitrogen and oxygen atoms in total. The molecule has 5 rings (SSSR count). The van der Waals surface area contributed by atoms with Crippen molar-refractivity contribution in [3.63, 3.8) is 0 Å². The molecule has 2 aromatic carbocycles. The third-order valence-electron chi connectivity index (χ3n) is 4.58. The molecule has 0 spiro atoms. The van der Waals surface area contributed by atoms with E-state index in [0.29, 0.717) is 35.7 Å². The minimum Gasteiger partial charge on any atom is -0.486 e. The van der Waals surface area contributed by atoms with Crippen molar-refractivity contribution >= 4 is 23.4 Å². The summed E-state index contributed by atoms with van der Waals surface area (Å²) in [5.74, 6) is 3.66. The fourth-order valence-corrected chi connectivity index (χ4v) is 4.17. The minimum atomic E-state index is 0.524. The first-order valence-corrected chi connectivity index (χ1v) is 10.4. The molecule has 1 fully saturated rings. The zero-order valence-electron chi connectivity index (χ0n) is 14.6. The summed E-state index contributed by atoms with van der Waals surface area (Å²) < 4.78 is 13.2. The van der Waals surface area contributed by atoms with E-state index in [2.05, 4.69) is 12.1 Å². The molecule has 0 amide bonds. The van der Waals surface area contributed by atoms with E-state index in [-0.39, 0.29) is 0 Å². The molecule has 0 unspecified atom stereocenters. The van der Waals surface area contributed by atoms with Gasteiger partial charge in [-0.2, -0.15) is 0 Å². The van der Waals surface area contributed by atoms with Gasteiger partial charge in [0.2, 0.25) is 5.16 Å². The van der Waals surface area contributed by atoms with Crippen LogP contribution >= 0.6 is 23.4 Å². The summed E-state index contributed by atoms with van der Waals surface area (Å²) in [4.78, 5) is 4.80. The van der Waals surface area contributed by atoms with Gasteiger partial charge in [-0.05, 0) is 42.7 Å². The van der Waals surface area contributed by atoms with Crippen molar-refractivity contribution in [3.8, 4) is 17.2 Å². The summed E-state index contributed by atoms with van der Waals surface area (Å²) >= 11 is 7.95. The average Bonchev–Trinajstić information content (AvgIpc) is 3.46. The number of halogens is 1. The molecule has 1 aliphatic heterocycles. The van der Waals surface area contributed by atoms with Crippen LogP contribution in [0.25, 0.3) is 5.69 Å². The Bertz CT molecular complexity index is 973. The third-order valence-corrected chi connectivity index (χ3v) is 5.77. The van der Waals surface area contributed by atoms with Gasteiger partial charge in [-0.1, -0.05) is 41.6 Å². The third kappa shape index (κ3) is 3.51. The van der Waals surface area contributed by atoms with Gasteiger partial charge in [-0.15, -0.1) is 5.10 Å². The Balaban J connectivity index is 1.38. The first-order chi connectivity index (χ1) is 13.3. The fraction of sp³-hybridized carbons (Fsp3) is 0.300. The minimum absolute atomic E-state index is 0.524. The molecular weight excluding hydrogens is 382 g/mol. The number of benzene rings is 2. The van der Waals surface area contributed by atoms with Crippen LogP contribution in [-0.2, 0) is 5.75 Å². The Morgan fingerprint density at radius 3 is 2.74 bits per heavy atom. The van der Waals surface area contributed by atoms with E-state index in [9.17, 15) is 0 Å². The summed E-state index contributed by atoms with van der Waals surface area (Å²) in [5, 5.41) is 6.12. The average molecular weight is 400 g/mol. The molecule has 7 heteroatoms. The predicted molar refractivity (Wildman–Crippen MR) is 105 cm³/mol. The van der Waals surface area contributed by atoms with E-state index in [1.807, 2.05) is 35.0 Å². The molecular formula is C20H18ClN3O2S. The van der Waals surface area contributed by atoms with Crippen LogP contribution in [0.5, 0.6) is 11.5 Å². The van der Waals surface area contributed by atoms with Crippen LogP contribution in [0, 0.1) is 0 Å². The number of hydrogen-bond acceptors (Lipinski definition) is 5. The van der Waals surface area contributed by atoms with Crippen molar-refractivity contribution in [2.45, 2.75) is 29.7 Å². The first kappa shape index (κ1) is 17.0. The largest absolute Gasteiger partial charge is 0.486 e. The number of thioether (sulfide) groups is 1. The SMILES string of the molecule is Clc1cc(CSc2nc(C3CC3)n(-c3ccccc3)n2)cc2c1OCCO2. The van der Waals surface area contributed by atoms with Gasteiger partial charge in [-0.25, -0.2) is 9.67 Å². The Morgan fingerprint density at radius 1 is 1.11 bits per heavy atom. The Kier molecular flexibility index (Phi) is 4.45. The van der Waals surface area contributed by atoms with Crippen molar-refractivity contribution in [2.75, 3.05) is 13.2 Å². The number of nitrogens with zero attached hydrogens (tertiary/aromatic N) is 3. The zero-order chi connectivity index (χ0) is 18.2. The maximum absolute atomic E-state index is 6.34. The smallest absolute Gasteiger partial charge is 0.209 e. The molecule has 0 N–H and O–H groups in total. The van der Waals surface area contributed by atoms with Crippen LogP contribution < -0.4 is 9.47 Å². The van der Waals surface area contributed by atoms with E-state index in [4.69, 9.17) is 31.2 Å². The molecule has 27 heavy (non-hydrogen) atoms. The van der Waals surface area contributed by atoms with Crippen LogP contribution in [0.1, 0.15) is 30.1 Å². The monoisotopic (exact) mass is 399 g/mol. The van der Waals surface area contributed by atoms with E-state index in [0.717, 1.165) is 28.0 Å². The van der Waals surface area contributed by atoms with Crippen molar-refractivity contribution < 1.29 is 9.47 Å². The lowest BCUT2D eigenvalue weighted by Gasteiger charge is -2.20. The van der Waals surface area contributed by atoms with Crippen molar-refractivity contribution in [1.82, 2.24) is 14.8 Å². The second-order valence-electron chi connectivity index (χ2n) is 6.66. The number of hydrogen-bond donors (Lipinski definition) is 0. The molecule has 1 aliphatic carbocycles. The van der Waals surface area contributed by atoms with Crippen LogP contribution in [0.4, 0.5) is 0 Å². The quantitative estimate of drug-likeness (QED) is 0.573. The number of aromatic nitrogens is 3. The van der Waals surface area contributed by atoms with Crippen molar-refractivity contribution in [1.29, 1.82) is 0 Å². The van der Waals surface area contributed by atoms with E-state index >= 15 is 0 Å².